The van der Waals surface area contributed by atoms with Crippen LogP contribution in [0.25, 0.3) is 11.2 Å². The molecule has 0 saturated carbocycles. The molecule has 0 radical (unpaired) electrons. The van der Waals surface area contributed by atoms with Gasteiger partial charge in [0.1, 0.15) is 24.9 Å². The number of nitrogens with one attached hydrogen (secondary N) is 1. The summed E-state index contributed by atoms with van der Waals surface area (Å²) < 4.78 is 11.6. The van der Waals surface area contributed by atoms with Gasteiger partial charge in [0.25, 0.3) is 5.56 Å². The molecule has 11 heteroatoms. The first-order chi connectivity index (χ1) is 11.4. The van der Waals surface area contributed by atoms with Crippen molar-refractivity contribution in [2.45, 2.75) is 24.5 Å². The third kappa shape index (κ3) is 2.64. The first kappa shape index (κ1) is 16.1. The molecule has 0 unspecified atom stereocenters. The van der Waals surface area contributed by atoms with Crippen LogP contribution in [0.2, 0.25) is 0 Å². The van der Waals surface area contributed by atoms with Crippen LogP contribution in [-0.2, 0) is 14.3 Å². The minimum absolute atomic E-state index is 0.0102. The number of nitrogens with two attached hydrogens (primary N) is 1. The SMILES string of the molecule is C=CC(=O)OC[C@H]1O[C@@H](n2cnc3c(=O)[nH]c(N)nc32)[C@H](O)[C@@H]1O. The van der Waals surface area contributed by atoms with Crippen LogP contribution in [0.5, 0.6) is 0 Å². The van der Waals surface area contributed by atoms with E-state index in [2.05, 4.69) is 21.5 Å². The largest absolute Gasteiger partial charge is 0.460 e. The molecule has 11 nitrogen and oxygen atoms in total. The maximum atomic E-state index is 11.8. The van der Waals surface area contributed by atoms with E-state index in [9.17, 15) is 19.8 Å². The standard InChI is InChI=1S/C13H15N5O6/c1-2-6(19)23-3-5-8(20)9(21)12(24-5)18-4-15-7-10(18)16-13(14)17-11(7)22/h2,4-5,8-9,12,20-21H,1,3H2,(H3,14,16,17,22)/t5-,8-,9-,12-/m1/s1. The number of fused-ring (bicyclic) bond motifs is 1. The minimum atomic E-state index is -1.35. The average molecular weight is 337 g/mol. The summed E-state index contributed by atoms with van der Waals surface area (Å²) in [6, 6.07) is 0. The maximum absolute atomic E-state index is 11.8. The third-order valence-corrected chi connectivity index (χ3v) is 3.62. The van der Waals surface area contributed by atoms with Crippen molar-refractivity contribution in [1.82, 2.24) is 19.5 Å². The number of nitrogens with zero attached hydrogens (tertiary/aromatic N) is 3. The van der Waals surface area contributed by atoms with Gasteiger partial charge in [-0.2, -0.15) is 4.98 Å². The smallest absolute Gasteiger partial charge is 0.330 e. The van der Waals surface area contributed by atoms with Crippen LogP contribution < -0.4 is 11.3 Å². The third-order valence-electron chi connectivity index (χ3n) is 3.62. The molecule has 0 bridgehead atoms. The van der Waals surface area contributed by atoms with E-state index in [1.54, 1.807) is 0 Å². The molecule has 3 rings (SSSR count). The van der Waals surface area contributed by atoms with Gasteiger partial charge >= 0.3 is 5.97 Å². The van der Waals surface area contributed by atoms with E-state index in [0.717, 1.165) is 6.08 Å². The number of imidazole rings is 1. The molecule has 0 aliphatic carbocycles. The molecule has 24 heavy (non-hydrogen) atoms. The molecule has 0 spiro atoms. The highest BCUT2D eigenvalue weighted by Gasteiger charge is 2.44. The molecule has 1 aliphatic heterocycles. The number of aromatic amines is 1. The fraction of sp³-hybridized carbons (Fsp3) is 0.385. The number of aliphatic hydroxyl groups is 2. The topological polar surface area (TPSA) is 166 Å². The van der Waals surface area contributed by atoms with Gasteiger partial charge in [0, 0.05) is 6.08 Å². The number of H-pyrrole nitrogens is 1. The van der Waals surface area contributed by atoms with Crippen molar-refractivity contribution in [2.24, 2.45) is 0 Å². The van der Waals surface area contributed by atoms with Gasteiger partial charge in [0.2, 0.25) is 5.95 Å². The molecular weight excluding hydrogens is 322 g/mol. The Bertz CT molecular complexity index is 845. The van der Waals surface area contributed by atoms with Crippen LogP contribution in [0.3, 0.4) is 0 Å². The number of hydrogen-bond donors (Lipinski definition) is 4. The quantitative estimate of drug-likeness (QED) is 0.366. The number of anilines is 1. The summed E-state index contributed by atoms with van der Waals surface area (Å²) in [4.78, 5) is 33.0. The van der Waals surface area contributed by atoms with Crippen LogP contribution in [0.1, 0.15) is 6.23 Å². The molecule has 3 heterocycles. The second-order valence-corrected chi connectivity index (χ2v) is 5.16. The van der Waals surface area contributed by atoms with E-state index in [1.807, 2.05) is 0 Å². The molecule has 2 aromatic rings. The van der Waals surface area contributed by atoms with Crippen molar-refractivity contribution in [3.8, 4) is 0 Å². The lowest BCUT2D eigenvalue weighted by Crippen LogP contribution is -2.34. The number of ether oxygens (including phenoxy) is 2. The summed E-state index contributed by atoms with van der Waals surface area (Å²) in [6.45, 7) is 2.98. The number of esters is 1. The molecule has 0 amide bonds. The molecule has 2 aromatic heterocycles. The highest BCUT2D eigenvalue weighted by atomic mass is 16.6. The maximum Gasteiger partial charge on any atom is 0.330 e. The van der Waals surface area contributed by atoms with Gasteiger partial charge in [-0.3, -0.25) is 14.3 Å². The Balaban J connectivity index is 1.89. The van der Waals surface area contributed by atoms with Gasteiger partial charge in [-0.25, -0.2) is 9.78 Å². The van der Waals surface area contributed by atoms with E-state index < -0.39 is 36.1 Å². The van der Waals surface area contributed by atoms with E-state index in [0.29, 0.717) is 0 Å². The van der Waals surface area contributed by atoms with Crippen LogP contribution >= 0.6 is 0 Å². The fourth-order valence-electron chi connectivity index (χ4n) is 2.45. The van der Waals surface area contributed by atoms with Crippen LogP contribution in [-0.4, -0.2) is 60.6 Å². The average Bonchev–Trinajstić information content (AvgIpc) is 3.08. The van der Waals surface area contributed by atoms with Crippen LogP contribution in [0, 0.1) is 0 Å². The molecule has 4 atom stereocenters. The minimum Gasteiger partial charge on any atom is -0.460 e. The number of rotatable bonds is 4. The Morgan fingerprint density at radius 3 is 3.00 bits per heavy atom. The van der Waals surface area contributed by atoms with Crippen LogP contribution in [0.4, 0.5) is 5.95 Å². The first-order valence-electron chi connectivity index (χ1n) is 6.95. The number of hydrogen-bond acceptors (Lipinski definition) is 9. The Morgan fingerprint density at radius 2 is 2.29 bits per heavy atom. The predicted molar refractivity (Wildman–Crippen MR) is 79.6 cm³/mol. The summed E-state index contributed by atoms with van der Waals surface area (Å²) in [5.74, 6) is -0.809. The zero-order valence-corrected chi connectivity index (χ0v) is 12.3. The summed E-state index contributed by atoms with van der Waals surface area (Å²) in [6.07, 6.45) is -2.50. The molecular formula is C13H15N5O6. The summed E-state index contributed by atoms with van der Waals surface area (Å²) in [7, 11) is 0. The summed E-state index contributed by atoms with van der Waals surface area (Å²) in [5.41, 5.74) is 5.07. The van der Waals surface area contributed by atoms with Gasteiger partial charge in [-0.05, 0) is 0 Å². The Labute approximate surface area is 134 Å². The van der Waals surface area contributed by atoms with Crippen molar-refractivity contribution in [2.75, 3.05) is 12.3 Å². The molecule has 1 aliphatic rings. The highest BCUT2D eigenvalue weighted by molar-refractivity contribution is 5.81. The molecule has 128 valence electrons. The number of aromatic nitrogens is 4. The van der Waals surface area contributed by atoms with E-state index in [4.69, 9.17) is 15.2 Å². The van der Waals surface area contributed by atoms with Crippen molar-refractivity contribution < 1.29 is 24.5 Å². The zero-order valence-electron chi connectivity index (χ0n) is 12.3. The normalized spacial score (nSPS) is 26.6. The number of carbonyl (C=O) groups is 1. The lowest BCUT2D eigenvalue weighted by molar-refractivity contribution is -0.144. The molecule has 5 N–H and O–H groups in total. The van der Waals surface area contributed by atoms with Crippen molar-refractivity contribution in [3.05, 3.63) is 29.3 Å². The second-order valence-electron chi connectivity index (χ2n) is 5.16. The van der Waals surface area contributed by atoms with Crippen molar-refractivity contribution in [1.29, 1.82) is 0 Å². The fourth-order valence-corrected chi connectivity index (χ4v) is 2.45. The lowest BCUT2D eigenvalue weighted by atomic mass is 10.1. The molecule has 1 fully saturated rings. The van der Waals surface area contributed by atoms with E-state index in [-0.39, 0.29) is 23.7 Å². The molecule has 1 saturated heterocycles. The van der Waals surface area contributed by atoms with Gasteiger partial charge in [0.05, 0.1) is 6.33 Å². The highest BCUT2D eigenvalue weighted by Crippen LogP contribution is 2.31. The monoisotopic (exact) mass is 337 g/mol. The van der Waals surface area contributed by atoms with Crippen LogP contribution in [0.15, 0.2) is 23.8 Å². The summed E-state index contributed by atoms with van der Waals surface area (Å²) >= 11 is 0. The van der Waals surface area contributed by atoms with Gasteiger partial charge in [0.15, 0.2) is 17.4 Å². The Kier molecular flexibility index (Phi) is 4.05. The Morgan fingerprint density at radius 1 is 1.54 bits per heavy atom. The van der Waals surface area contributed by atoms with Crippen molar-refractivity contribution in [3.63, 3.8) is 0 Å². The van der Waals surface area contributed by atoms with Gasteiger partial charge in [-0.15, -0.1) is 0 Å². The van der Waals surface area contributed by atoms with E-state index >= 15 is 0 Å². The lowest BCUT2D eigenvalue weighted by Gasteiger charge is -2.16. The van der Waals surface area contributed by atoms with Gasteiger partial charge in [-0.1, -0.05) is 6.58 Å². The van der Waals surface area contributed by atoms with Gasteiger partial charge < -0.3 is 25.4 Å². The summed E-state index contributed by atoms with van der Waals surface area (Å²) in [5, 5.41) is 20.2. The molecule has 0 aromatic carbocycles. The van der Waals surface area contributed by atoms with E-state index in [1.165, 1.54) is 10.9 Å². The number of carbonyl (C=O) groups excluding carboxylic acids is 1. The number of nitrogen functional groups attached to an aromatic ring is 1. The zero-order chi connectivity index (χ0) is 17.4. The Hall–Kier alpha value is -2.76. The predicted octanol–water partition coefficient (Wildman–Crippen LogP) is -1.95. The first-order valence-corrected chi connectivity index (χ1v) is 6.95. The second kappa shape index (κ2) is 6.03. The van der Waals surface area contributed by atoms with Crippen molar-refractivity contribution >= 4 is 23.1 Å². The number of aliphatic hydroxyl groups excluding tert-OH is 2.